The van der Waals surface area contributed by atoms with Gasteiger partial charge in [-0.15, -0.1) is 23.5 Å². The number of para-hydroxylation sites is 1. The second-order valence-electron chi connectivity index (χ2n) is 6.75. The van der Waals surface area contributed by atoms with E-state index in [0.717, 1.165) is 30.7 Å². The molecule has 1 amide bonds. The fourth-order valence-electron chi connectivity index (χ4n) is 2.99. The zero-order valence-electron chi connectivity index (χ0n) is 16.7. The number of hydrogen-bond acceptors (Lipinski definition) is 6. The molecule has 0 aliphatic carbocycles. The summed E-state index contributed by atoms with van der Waals surface area (Å²) in [4.78, 5) is 26.3. The van der Waals surface area contributed by atoms with E-state index in [0.29, 0.717) is 12.3 Å². The lowest BCUT2D eigenvalue weighted by molar-refractivity contribution is -0.116. The second-order valence-corrected chi connectivity index (χ2v) is 9.65. The third-order valence-corrected chi connectivity index (χ3v) is 7.38. The standard InChI is InChI=1S/C23H21N3OS3/c1-16-8-10-18(11-9-16)29-15-21(27)26(14-17-5-4-12-24-13-17)23-25-22-19(28-2)6-3-7-20(22)30-23/h3-13H,14-15H2,1-2H3. The van der Waals surface area contributed by atoms with Gasteiger partial charge in [0.1, 0.15) is 0 Å². The minimum Gasteiger partial charge on any atom is -0.283 e. The lowest BCUT2D eigenvalue weighted by Crippen LogP contribution is -2.31. The van der Waals surface area contributed by atoms with Gasteiger partial charge >= 0.3 is 0 Å². The number of rotatable bonds is 7. The Labute approximate surface area is 188 Å². The zero-order chi connectivity index (χ0) is 20.9. The van der Waals surface area contributed by atoms with Crippen molar-refractivity contribution in [2.75, 3.05) is 16.9 Å². The molecule has 4 nitrogen and oxygen atoms in total. The van der Waals surface area contributed by atoms with Crippen LogP contribution in [0.5, 0.6) is 0 Å². The Morgan fingerprint density at radius 3 is 2.67 bits per heavy atom. The molecule has 0 aliphatic rings. The summed E-state index contributed by atoms with van der Waals surface area (Å²) in [6.45, 7) is 2.51. The maximum Gasteiger partial charge on any atom is 0.239 e. The van der Waals surface area contributed by atoms with E-state index in [-0.39, 0.29) is 5.91 Å². The van der Waals surface area contributed by atoms with Crippen molar-refractivity contribution in [1.82, 2.24) is 9.97 Å². The second kappa shape index (κ2) is 9.64. The van der Waals surface area contributed by atoms with Crippen molar-refractivity contribution in [2.24, 2.45) is 0 Å². The summed E-state index contributed by atoms with van der Waals surface area (Å²) in [5.41, 5.74) is 3.15. The molecule has 0 saturated carbocycles. The van der Waals surface area contributed by atoms with E-state index in [2.05, 4.69) is 48.3 Å². The molecule has 2 aromatic carbocycles. The SMILES string of the molecule is CSc1cccc2sc(N(Cc3cccnc3)C(=O)CSc3ccc(C)cc3)nc12. The van der Waals surface area contributed by atoms with Crippen LogP contribution < -0.4 is 4.90 Å². The van der Waals surface area contributed by atoms with E-state index < -0.39 is 0 Å². The average Bonchev–Trinajstić information content (AvgIpc) is 3.21. The average molecular weight is 452 g/mol. The number of carbonyl (C=O) groups is 1. The molecule has 0 fully saturated rings. The van der Waals surface area contributed by atoms with Gasteiger partial charge in [0.2, 0.25) is 5.91 Å². The molecule has 0 N–H and O–H groups in total. The maximum atomic E-state index is 13.3. The van der Waals surface area contributed by atoms with E-state index in [9.17, 15) is 4.79 Å². The largest absolute Gasteiger partial charge is 0.283 e. The minimum absolute atomic E-state index is 0.0363. The number of hydrogen-bond donors (Lipinski definition) is 0. The molecule has 0 spiro atoms. The fourth-order valence-corrected chi connectivity index (χ4v) is 5.40. The number of pyridine rings is 1. The molecular formula is C23H21N3OS3. The van der Waals surface area contributed by atoms with Crippen molar-refractivity contribution in [3.63, 3.8) is 0 Å². The number of thiazole rings is 1. The summed E-state index contributed by atoms with van der Waals surface area (Å²) in [5.74, 6) is 0.392. The highest BCUT2D eigenvalue weighted by Gasteiger charge is 2.21. The van der Waals surface area contributed by atoms with Gasteiger partial charge in [0, 0.05) is 22.2 Å². The number of fused-ring (bicyclic) bond motifs is 1. The lowest BCUT2D eigenvalue weighted by atomic mass is 10.2. The zero-order valence-corrected chi connectivity index (χ0v) is 19.2. The molecule has 0 atom stereocenters. The highest BCUT2D eigenvalue weighted by molar-refractivity contribution is 8.00. The first-order valence-electron chi connectivity index (χ1n) is 9.46. The van der Waals surface area contributed by atoms with E-state index in [1.165, 1.54) is 5.56 Å². The molecule has 0 radical (unpaired) electrons. The number of benzene rings is 2. The molecule has 4 rings (SSSR count). The summed E-state index contributed by atoms with van der Waals surface area (Å²) in [7, 11) is 0. The van der Waals surface area contributed by atoms with E-state index >= 15 is 0 Å². The summed E-state index contributed by atoms with van der Waals surface area (Å²) in [5, 5.41) is 0.727. The molecule has 7 heteroatoms. The van der Waals surface area contributed by atoms with Crippen molar-refractivity contribution in [3.05, 3.63) is 78.1 Å². The van der Waals surface area contributed by atoms with Crippen LogP contribution in [-0.2, 0) is 11.3 Å². The summed E-state index contributed by atoms with van der Waals surface area (Å²) in [6, 6.07) is 18.3. The molecule has 2 heterocycles. The third kappa shape index (κ3) is 4.86. The van der Waals surface area contributed by atoms with Crippen molar-refractivity contribution < 1.29 is 4.79 Å². The Bertz CT molecular complexity index is 1140. The van der Waals surface area contributed by atoms with Gasteiger partial charge in [-0.1, -0.05) is 41.2 Å². The molecule has 30 heavy (non-hydrogen) atoms. The van der Waals surface area contributed by atoms with E-state index in [4.69, 9.17) is 4.98 Å². The summed E-state index contributed by atoms with van der Waals surface area (Å²) >= 11 is 4.78. The van der Waals surface area contributed by atoms with Crippen LogP contribution in [-0.4, -0.2) is 27.9 Å². The summed E-state index contributed by atoms with van der Waals surface area (Å²) < 4.78 is 1.09. The molecule has 4 aromatic rings. The molecule has 152 valence electrons. The molecule has 0 saturated heterocycles. The van der Waals surface area contributed by atoms with Crippen LogP contribution >= 0.6 is 34.9 Å². The lowest BCUT2D eigenvalue weighted by Gasteiger charge is -2.19. The van der Waals surface area contributed by atoms with Gasteiger partial charge in [-0.25, -0.2) is 4.98 Å². The topological polar surface area (TPSA) is 46.1 Å². The Balaban J connectivity index is 1.62. The Morgan fingerprint density at radius 2 is 1.93 bits per heavy atom. The first kappa shape index (κ1) is 20.9. The predicted octanol–water partition coefficient (Wildman–Crippen LogP) is 6.05. The Kier molecular flexibility index (Phi) is 6.72. The molecule has 0 unspecified atom stereocenters. The maximum absolute atomic E-state index is 13.3. The fraction of sp³-hybridized carbons (Fsp3) is 0.174. The monoisotopic (exact) mass is 451 g/mol. The van der Waals surface area contributed by atoms with Gasteiger partial charge in [-0.3, -0.25) is 14.7 Å². The van der Waals surface area contributed by atoms with Crippen LogP contribution in [0.25, 0.3) is 10.2 Å². The Morgan fingerprint density at radius 1 is 1.10 bits per heavy atom. The van der Waals surface area contributed by atoms with Gasteiger partial charge in [0.05, 0.1) is 22.5 Å². The van der Waals surface area contributed by atoms with E-state index in [1.807, 2.05) is 24.5 Å². The number of nitrogens with zero attached hydrogens (tertiary/aromatic N) is 3. The van der Waals surface area contributed by atoms with E-state index in [1.54, 1.807) is 52.2 Å². The van der Waals surface area contributed by atoms with Gasteiger partial charge < -0.3 is 0 Å². The first-order valence-corrected chi connectivity index (χ1v) is 12.5. The van der Waals surface area contributed by atoms with Crippen molar-refractivity contribution in [2.45, 2.75) is 23.3 Å². The van der Waals surface area contributed by atoms with Gasteiger partial charge in [-0.05, 0) is 49.1 Å². The van der Waals surface area contributed by atoms with Gasteiger partial charge in [0.25, 0.3) is 0 Å². The predicted molar refractivity (Wildman–Crippen MR) is 129 cm³/mol. The number of anilines is 1. The van der Waals surface area contributed by atoms with Gasteiger partial charge in [0.15, 0.2) is 5.13 Å². The van der Waals surface area contributed by atoms with Crippen molar-refractivity contribution in [1.29, 1.82) is 0 Å². The van der Waals surface area contributed by atoms with Crippen molar-refractivity contribution >= 4 is 56.1 Å². The number of thioether (sulfide) groups is 2. The molecular weight excluding hydrogens is 430 g/mol. The number of amides is 1. The van der Waals surface area contributed by atoms with Crippen LogP contribution in [0.1, 0.15) is 11.1 Å². The molecule has 0 aliphatic heterocycles. The quantitative estimate of drug-likeness (QED) is 0.320. The number of aromatic nitrogens is 2. The first-order chi connectivity index (χ1) is 14.6. The molecule has 2 aromatic heterocycles. The molecule has 0 bridgehead atoms. The third-order valence-electron chi connectivity index (χ3n) is 4.57. The normalized spacial score (nSPS) is 11.0. The minimum atomic E-state index is 0.0363. The summed E-state index contributed by atoms with van der Waals surface area (Å²) in [6.07, 6.45) is 5.59. The smallest absolute Gasteiger partial charge is 0.239 e. The van der Waals surface area contributed by atoms with Crippen molar-refractivity contribution in [3.8, 4) is 0 Å². The van der Waals surface area contributed by atoms with Crippen LogP contribution in [0.4, 0.5) is 5.13 Å². The van der Waals surface area contributed by atoms with Crippen LogP contribution in [0.3, 0.4) is 0 Å². The van der Waals surface area contributed by atoms with Crippen LogP contribution in [0, 0.1) is 6.92 Å². The van der Waals surface area contributed by atoms with Crippen LogP contribution in [0.2, 0.25) is 0 Å². The number of carbonyl (C=O) groups excluding carboxylic acids is 1. The van der Waals surface area contributed by atoms with Crippen LogP contribution in [0.15, 0.2) is 76.8 Å². The Hall–Kier alpha value is -2.35. The highest BCUT2D eigenvalue weighted by Crippen LogP contribution is 2.35. The van der Waals surface area contributed by atoms with Gasteiger partial charge in [-0.2, -0.15) is 0 Å². The highest BCUT2D eigenvalue weighted by atomic mass is 32.2. The number of aryl methyl sites for hydroxylation is 1.